The Morgan fingerprint density at radius 3 is 2.65 bits per heavy atom. The Hall–Kier alpha value is -2.68. The first kappa shape index (κ1) is 18.1. The maximum atomic E-state index is 12.8. The molecule has 0 N–H and O–H groups in total. The predicted molar refractivity (Wildman–Crippen MR) is 91.5 cm³/mol. The summed E-state index contributed by atoms with van der Waals surface area (Å²) in [5.74, 6) is -0.744. The van der Waals surface area contributed by atoms with E-state index in [9.17, 15) is 19.2 Å². The van der Waals surface area contributed by atoms with Crippen LogP contribution in [0.4, 0.5) is 0 Å². The fraction of sp³-hybridized carbons (Fsp3) is 0.529. The molecule has 0 radical (unpaired) electrons. The van der Waals surface area contributed by atoms with Crippen molar-refractivity contribution in [3.05, 3.63) is 34.2 Å². The number of likely N-dealkylation sites (N-methyl/N-ethyl adjacent to an activating group) is 1. The van der Waals surface area contributed by atoms with Crippen LogP contribution < -0.4 is 5.56 Å². The average Bonchev–Trinajstić information content (AvgIpc) is 3.03. The summed E-state index contributed by atoms with van der Waals surface area (Å²) < 4.78 is 6.87. The third-order valence-corrected chi connectivity index (χ3v) is 4.87. The van der Waals surface area contributed by atoms with Crippen LogP contribution in [-0.2, 0) is 21.4 Å². The van der Waals surface area contributed by atoms with Crippen molar-refractivity contribution in [2.75, 3.05) is 40.3 Å². The monoisotopic (exact) mass is 362 g/mol. The second-order valence-corrected chi connectivity index (χ2v) is 6.75. The molecule has 2 saturated heterocycles. The molecule has 0 saturated carbocycles. The van der Waals surface area contributed by atoms with E-state index in [0.717, 1.165) is 0 Å². The lowest BCUT2D eigenvalue weighted by Crippen LogP contribution is -2.56. The van der Waals surface area contributed by atoms with E-state index in [1.165, 1.54) is 20.4 Å². The molecular weight excluding hydrogens is 340 g/mol. The number of ether oxygens (including phenoxy) is 1. The lowest BCUT2D eigenvalue weighted by atomic mass is 10.1. The smallest absolute Gasteiger partial charge is 0.270 e. The van der Waals surface area contributed by atoms with Gasteiger partial charge in [-0.15, -0.1) is 0 Å². The minimum Gasteiger partial charge on any atom is -0.364 e. The Balaban J connectivity index is 1.79. The zero-order chi connectivity index (χ0) is 19.0. The molecule has 2 fully saturated rings. The normalized spacial score (nSPS) is 22.3. The van der Waals surface area contributed by atoms with Crippen molar-refractivity contribution in [2.45, 2.75) is 12.1 Å². The molecule has 0 aliphatic carbocycles. The van der Waals surface area contributed by atoms with Crippen LogP contribution in [0.5, 0.6) is 0 Å². The number of carbonyl (C=O) groups excluding carboxylic acids is 3. The number of carbonyl (C=O) groups is 3. The molecule has 0 bridgehead atoms. The Kier molecular flexibility index (Phi) is 4.82. The predicted octanol–water partition coefficient (Wildman–Crippen LogP) is -1.47. The molecule has 9 nitrogen and oxygen atoms in total. The second kappa shape index (κ2) is 6.91. The summed E-state index contributed by atoms with van der Waals surface area (Å²) in [4.78, 5) is 53.3. The van der Waals surface area contributed by atoms with Crippen molar-refractivity contribution < 1.29 is 19.1 Å². The quantitative estimate of drug-likeness (QED) is 0.654. The summed E-state index contributed by atoms with van der Waals surface area (Å²) in [6.07, 6.45) is -0.340. The highest BCUT2D eigenvalue weighted by atomic mass is 16.5. The number of amides is 3. The molecule has 0 spiro atoms. The van der Waals surface area contributed by atoms with Gasteiger partial charge in [-0.25, -0.2) is 0 Å². The largest absolute Gasteiger partial charge is 0.364 e. The van der Waals surface area contributed by atoms with Crippen LogP contribution in [0.1, 0.15) is 10.5 Å². The zero-order valence-corrected chi connectivity index (χ0v) is 15.0. The van der Waals surface area contributed by atoms with Crippen LogP contribution in [0, 0.1) is 0 Å². The van der Waals surface area contributed by atoms with Crippen LogP contribution in [-0.4, -0.2) is 89.5 Å². The Morgan fingerprint density at radius 1 is 1.23 bits per heavy atom. The third-order valence-electron chi connectivity index (χ3n) is 4.87. The van der Waals surface area contributed by atoms with E-state index in [4.69, 9.17) is 4.74 Å². The molecule has 3 amide bonds. The van der Waals surface area contributed by atoms with Gasteiger partial charge in [-0.3, -0.25) is 19.2 Å². The Morgan fingerprint density at radius 2 is 1.96 bits per heavy atom. The Labute approximate surface area is 150 Å². The van der Waals surface area contributed by atoms with Gasteiger partial charge in [0.2, 0.25) is 11.8 Å². The molecule has 140 valence electrons. The van der Waals surface area contributed by atoms with Gasteiger partial charge in [0.1, 0.15) is 18.8 Å². The van der Waals surface area contributed by atoms with Crippen LogP contribution in [0.15, 0.2) is 23.0 Å². The first-order valence-corrected chi connectivity index (χ1v) is 8.36. The van der Waals surface area contributed by atoms with Crippen molar-refractivity contribution in [1.82, 2.24) is 19.3 Å². The van der Waals surface area contributed by atoms with Crippen molar-refractivity contribution in [1.29, 1.82) is 0 Å². The topological polar surface area (TPSA) is 92.2 Å². The van der Waals surface area contributed by atoms with E-state index in [2.05, 4.69) is 0 Å². The number of aromatic nitrogens is 1. The van der Waals surface area contributed by atoms with E-state index in [1.807, 2.05) is 0 Å². The van der Waals surface area contributed by atoms with Gasteiger partial charge < -0.3 is 24.0 Å². The summed E-state index contributed by atoms with van der Waals surface area (Å²) in [6.45, 7) is 0.432. The molecule has 3 heterocycles. The van der Waals surface area contributed by atoms with Gasteiger partial charge in [0.05, 0.1) is 12.1 Å². The highest BCUT2D eigenvalue weighted by Crippen LogP contribution is 2.24. The summed E-state index contributed by atoms with van der Waals surface area (Å²) in [5, 5.41) is 0. The minimum atomic E-state index is -0.371. The van der Waals surface area contributed by atoms with Gasteiger partial charge >= 0.3 is 0 Å². The Bertz CT molecular complexity index is 803. The van der Waals surface area contributed by atoms with Crippen molar-refractivity contribution in [3.63, 3.8) is 0 Å². The van der Waals surface area contributed by atoms with Gasteiger partial charge in [-0.05, 0) is 6.07 Å². The van der Waals surface area contributed by atoms with Crippen LogP contribution in [0.2, 0.25) is 0 Å². The number of nitrogens with zero attached hydrogens (tertiary/aromatic N) is 4. The van der Waals surface area contributed by atoms with Crippen molar-refractivity contribution in [2.24, 2.45) is 7.05 Å². The molecule has 9 heteroatoms. The number of likely N-dealkylation sites (tertiary alicyclic amines) is 1. The number of fused-ring (bicyclic) bond motifs is 1. The lowest BCUT2D eigenvalue weighted by molar-refractivity contribution is -0.156. The molecule has 2 atom stereocenters. The van der Waals surface area contributed by atoms with Gasteiger partial charge in [0.15, 0.2) is 0 Å². The number of pyridine rings is 1. The molecule has 1 aromatic heterocycles. The lowest BCUT2D eigenvalue weighted by Gasteiger charge is -2.36. The van der Waals surface area contributed by atoms with E-state index < -0.39 is 0 Å². The molecular formula is C17H22N4O5. The number of rotatable bonds is 3. The first-order valence-electron chi connectivity index (χ1n) is 8.36. The fourth-order valence-corrected chi connectivity index (χ4v) is 3.27. The van der Waals surface area contributed by atoms with Gasteiger partial charge in [0.25, 0.3) is 11.5 Å². The summed E-state index contributed by atoms with van der Waals surface area (Å²) >= 11 is 0. The summed E-state index contributed by atoms with van der Waals surface area (Å²) in [5.41, 5.74) is 0.00971. The summed E-state index contributed by atoms with van der Waals surface area (Å²) in [6, 6.07) is 4.15. The maximum Gasteiger partial charge on any atom is 0.270 e. The molecule has 3 rings (SSSR count). The average molecular weight is 362 g/mol. The first-order chi connectivity index (χ1) is 12.3. The third kappa shape index (κ3) is 3.22. The number of hydrogen-bond acceptors (Lipinski definition) is 5. The molecule has 2 aliphatic heterocycles. The standard InChI is InChI=1S/C17H22N4O5/c1-18(2)15(23)9-21-12-7-20(8-13(12)26-10-16(21)24)17(25)11-5-4-6-14(22)19(11)3/h4-6,12-13H,7-10H2,1-3H3/t12-,13-/m1/s1. The zero-order valence-electron chi connectivity index (χ0n) is 15.0. The van der Waals surface area contributed by atoms with Gasteiger partial charge in [0, 0.05) is 40.3 Å². The van der Waals surface area contributed by atoms with Gasteiger partial charge in [-0.1, -0.05) is 6.07 Å². The van der Waals surface area contributed by atoms with Crippen LogP contribution in [0.3, 0.4) is 0 Å². The minimum absolute atomic E-state index is 0.0395. The highest BCUT2D eigenvalue weighted by molar-refractivity contribution is 5.93. The SMILES string of the molecule is CN(C)C(=O)CN1C(=O)CO[C@@H]2CN(C(=O)c3cccc(=O)n3C)C[C@H]21. The highest BCUT2D eigenvalue weighted by Gasteiger charge is 2.45. The number of morpholine rings is 1. The molecule has 0 aromatic carbocycles. The van der Waals surface area contributed by atoms with Crippen LogP contribution in [0.25, 0.3) is 0 Å². The van der Waals surface area contributed by atoms with E-state index in [-0.39, 0.29) is 60.8 Å². The van der Waals surface area contributed by atoms with Crippen molar-refractivity contribution >= 4 is 17.7 Å². The molecule has 26 heavy (non-hydrogen) atoms. The fourth-order valence-electron chi connectivity index (χ4n) is 3.27. The van der Waals surface area contributed by atoms with E-state index in [1.54, 1.807) is 38.2 Å². The van der Waals surface area contributed by atoms with Crippen LogP contribution >= 0.6 is 0 Å². The van der Waals surface area contributed by atoms with E-state index in [0.29, 0.717) is 6.54 Å². The molecule has 1 aromatic rings. The van der Waals surface area contributed by atoms with Crippen molar-refractivity contribution in [3.8, 4) is 0 Å². The second-order valence-electron chi connectivity index (χ2n) is 6.75. The molecule has 2 aliphatic rings. The van der Waals surface area contributed by atoms with Gasteiger partial charge in [-0.2, -0.15) is 0 Å². The summed E-state index contributed by atoms with van der Waals surface area (Å²) in [7, 11) is 4.80. The van der Waals surface area contributed by atoms with E-state index >= 15 is 0 Å². The molecule has 0 unspecified atom stereocenters. The maximum absolute atomic E-state index is 12.8. The number of hydrogen-bond donors (Lipinski definition) is 0.